The predicted molar refractivity (Wildman–Crippen MR) is 82.7 cm³/mol. The molecule has 0 aliphatic carbocycles. The highest BCUT2D eigenvalue weighted by molar-refractivity contribution is 5.80. The number of rotatable bonds is 10. The second-order valence-electron chi connectivity index (χ2n) is 5.40. The summed E-state index contributed by atoms with van der Waals surface area (Å²) in [5, 5.41) is 4.49. The zero-order chi connectivity index (χ0) is 15.0. The number of Topliss-reactive ketones (excluding diaryl/α,β-unsaturated/α-hetero) is 1. The minimum absolute atomic E-state index is 0.317. The molecule has 0 spiro atoms. The number of aromatic nitrogens is 2. The van der Waals surface area contributed by atoms with E-state index in [2.05, 4.69) is 31.9 Å². The van der Waals surface area contributed by atoms with Crippen LogP contribution in [0.4, 0.5) is 0 Å². The van der Waals surface area contributed by atoms with E-state index in [0.29, 0.717) is 24.5 Å². The molecule has 0 amide bonds. The Kier molecular flexibility index (Phi) is 7.52. The molecular formula is C16H29N3O. The minimum Gasteiger partial charge on any atom is -0.330 e. The van der Waals surface area contributed by atoms with Gasteiger partial charge in [0.25, 0.3) is 0 Å². The molecule has 0 bridgehead atoms. The average molecular weight is 279 g/mol. The van der Waals surface area contributed by atoms with Gasteiger partial charge in [0, 0.05) is 25.1 Å². The van der Waals surface area contributed by atoms with Crippen LogP contribution in [0.3, 0.4) is 0 Å². The monoisotopic (exact) mass is 279 g/mol. The Hall–Kier alpha value is -1.16. The molecule has 1 heterocycles. The van der Waals surface area contributed by atoms with E-state index in [-0.39, 0.29) is 0 Å². The number of carbonyl (C=O) groups excluding carboxylic acids is 1. The summed E-state index contributed by atoms with van der Waals surface area (Å²) in [5.41, 5.74) is 7.72. The van der Waals surface area contributed by atoms with Gasteiger partial charge in [-0.05, 0) is 44.7 Å². The van der Waals surface area contributed by atoms with Crippen LogP contribution in [0.15, 0.2) is 6.07 Å². The molecule has 4 heteroatoms. The van der Waals surface area contributed by atoms with Crippen molar-refractivity contribution in [3.63, 3.8) is 0 Å². The summed E-state index contributed by atoms with van der Waals surface area (Å²) in [5.74, 6) is 0.906. The van der Waals surface area contributed by atoms with Crippen molar-refractivity contribution in [2.45, 2.75) is 65.8 Å². The van der Waals surface area contributed by atoms with Gasteiger partial charge in [0.05, 0.1) is 5.69 Å². The minimum atomic E-state index is 0.317. The van der Waals surface area contributed by atoms with Crippen LogP contribution >= 0.6 is 0 Å². The van der Waals surface area contributed by atoms with Crippen LogP contribution in [0.1, 0.15) is 57.8 Å². The van der Waals surface area contributed by atoms with Crippen LogP contribution in [-0.4, -0.2) is 22.1 Å². The van der Waals surface area contributed by atoms with Gasteiger partial charge in [-0.3, -0.25) is 9.48 Å². The summed E-state index contributed by atoms with van der Waals surface area (Å²) >= 11 is 0. The number of ketones is 1. The Morgan fingerprint density at radius 2 is 2.10 bits per heavy atom. The quantitative estimate of drug-likeness (QED) is 0.716. The maximum atomic E-state index is 12.1. The molecule has 0 saturated carbocycles. The topological polar surface area (TPSA) is 60.9 Å². The highest BCUT2D eigenvalue weighted by atomic mass is 16.1. The lowest BCUT2D eigenvalue weighted by Crippen LogP contribution is -2.13. The zero-order valence-corrected chi connectivity index (χ0v) is 13.2. The van der Waals surface area contributed by atoms with Crippen LogP contribution in [0.2, 0.25) is 0 Å². The third kappa shape index (κ3) is 5.08. The summed E-state index contributed by atoms with van der Waals surface area (Å²) in [7, 11) is 0. The van der Waals surface area contributed by atoms with Crippen molar-refractivity contribution in [1.29, 1.82) is 0 Å². The molecule has 0 fully saturated rings. The largest absolute Gasteiger partial charge is 0.330 e. The van der Waals surface area contributed by atoms with Crippen molar-refractivity contribution in [2.75, 3.05) is 6.54 Å². The first kappa shape index (κ1) is 16.9. The van der Waals surface area contributed by atoms with E-state index in [1.807, 2.05) is 4.68 Å². The van der Waals surface area contributed by atoms with Gasteiger partial charge >= 0.3 is 0 Å². The summed E-state index contributed by atoms with van der Waals surface area (Å²) in [6, 6.07) is 2.07. The fourth-order valence-electron chi connectivity index (χ4n) is 2.55. The molecule has 1 atom stereocenters. The first-order chi connectivity index (χ1) is 9.64. The van der Waals surface area contributed by atoms with Crippen LogP contribution in [0.5, 0.6) is 0 Å². The second kappa shape index (κ2) is 8.90. The number of nitrogens with zero attached hydrogens (tertiary/aromatic N) is 2. The van der Waals surface area contributed by atoms with Gasteiger partial charge in [-0.2, -0.15) is 5.10 Å². The van der Waals surface area contributed by atoms with E-state index in [1.54, 1.807) is 0 Å². The lowest BCUT2D eigenvalue weighted by Gasteiger charge is -2.12. The van der Waals surface area contributed by atoms with E-state index < -0.39 is 0 Å². The van der Waals surface area contributed by atoms with E-state index in [1.165, 1.54) is 0 Å². The first-order valence-corrected chi connectivity index (χ1v) is 7.91. The van der Waals surface area contributed by atoms with E-state index in [9.17, 15) is 4.79 Å². The number of hydrogen-bond acceptors (Lipinski definition) is 3. The van der Waals surface area contributed by atoms with Crippen molar-refractivity contribution in [2.24, 2.45) is 11.7 Å². The lowest BCUT2D eigenvalue weighted by atomic mass is 9.94. The SMILES string of the molecule is CCc1cc(CC(=O)CCC(CC)CCN)n(CC)n1. The third-order valence-electron chi connectivity index (χ3n) is 3.94. The fraction of sp³-hybridized carbons (Fsp3) is 0.750. The molecule has 114 valence electrons. The van der Waals surface area contributed by atoms with Crippen molar-refractivity contribution in [3.05, 3.63) is 17.5 Å². The van der Waals surface area contributed by atoms with E-state index in [0.717, 1.165) is 50.2 Å². The molecule has 0 aromatic carbocycles. The second-order valence-corrected chi connectivity index (χ2v) is 5.40. The highest BCUT2D eigenvalue weighted by Crippen LogP contribution is 2.16. The van der Waals surface area contributed by atoms with Crippen molar-refractivity contribution >= 4 is 5.78 Å². The Balaban J connectivity index is 2.51. The fourth-order valence-corrected chi connectivity index (χ4v) is 2.55. The van der Waals surface area contributed by atoms with Crippen molar-refractivity contribution in [3.8, 4) is 0 Å². The molecule has 0 radical (unpaired) electrons. The first-order valence-electron chi connectivity index (χ1n) is 7.91. The van der Waals surface area contributed by atoms with Gasteiger partial charge in [0.2, 0.25) is 0 Å². The molecule has 1 aromatic heterocycles. The molecule has 1 unspecified atom stereocenters. The number of aryl methyl sites for hydroxylation is 2. The summed E-state index contributed by atoms with van der Waals surface area (Å²) in [6.07, 6.45) is 5.19. The lowest BCUT2D eigenvalue weighted by molar-refractivity contribution is -0.118. The van der Waals surface area contributed by atoms with Gasteiger partial charge < -0.3 is 5.73 Å². The number of hydrogen-bond donors (Lipinski definition) is 1. The Morgan fingerprint density at radius 3 is 2.65 bits per heavy atom. The molecule has 2 N–H and O–H groups in total. The maximum Gasteiger partial charge on any atom is 0.138 e. The molecule has 0 aliphatic heterocycles. The highest BCUT2D eigenvalue weighted by Gasteiger charge is 2.13. The molecule has 1 aromatic rings. The van der Waals surface area contributed by atoms with E-state index >= 15 is 0 Å². The molecule has 4 nitrogen and oxygen atoms in total. The molecule has 20 heavy (non-hydrogen) atoms. The summed E-state index contributed by atoms with van der Waals surface area (Å²) in [4.78, 5) is 12.1. The zero-order valence-electron chi connectivity index (χ0n) is 13.2. The average Bonchev–Trinajstić information content (AvgIpc) is 2.85. The van der Waals surface area contributed by atoms with Crippen molar-refractivity contribution in [1.82, 2.24) is 9.78 Å². The standard InChI is InChI=1S/C16H29N3O/c1-4-13(9-10-17)7-8-16(20)12-15-11-14(5-2)18-19(15)6-3/h11,13H,4-10,12,17H2,1-3H3. The van der Waals surface area contributed by atoms with Crippen LogP contribution in [0.25, 0.3) is 0 Å². The van der Waals surface area contributed by atoms with Gasteiger partial charge in [0.1, 0.15) is 5.78 Å². The maximum absolute atomic E-state index is 12.1. The van der Waals surface area contributed by atoms with Gasteiger partial charge in [-0.15, -0.1) is 0 Å². The third-order valence-corrected chi connectivity index (χ3v) is 3.94. The Morgan fingerprint density at radius 1 is 1.35 bits per heavy atom. The molecule has 0 aliphatic rings. The number of nitrogens with two attached hydrogens (primary N) is 1. The summed E-state index contributed by atoms with van der Waals surface area (Å²) in [6.45, 7) is 7.87. The summed E-state index contributed by atoms with van der Waals surface area (Å²) < 4.78 is 1.95. The normalized spacial score (nSPS) is 12.6. The smallest absolute Gasteiger partial charge is 0.138 e. The molecule has 0 saturated heterocycles. The number of carbonyl (C=O) groups is 1. The van der Waals surface area contributed by atoms with Crippen molar-refractivity contribution < 1.29 is 4.79 Å². The van der Waals surface area contributed by atoms with Crippen LogP contribution < -0.4 is 5.73 Å². The van der Waals surface area contributed by atoms with Gasteiger partial charge in [-0.1, -0.05) is 20.3 Å². The van der Waals surface area contributed by atoms with Crippen LogP contribution in [-0.2, 0) is 24.2 Å². The van der Waals surface area contributed by atoms with E-state index in [4.69, 9.17) is 5.73 Å². The Bertz CT molecular complexity index is 412. The molecule has 1 rings (SSSR count). The molecular weight excluding hydrogens is 250 g/mol. The van der Waals surface area contributed by atoms with Gasteiger partial charge in [-0.25, -0.2) is 0 Å². The van der Waals surface area contributed by atoms with Gasteiger partial charge in [0.15, 0.2) is 0 Å². The van der Waals surface area contributed by atoms with Crippen LogP contribution in [0, 0.1) is 5.92 Å². The predicted octanol–water partition coefficient (Wildman–Crippen LogP) is 2.73. The Labute approximate surface area is 122 Å².